The van der Waals surface area contributed by atoms with Crippen LogP contribution in [0.3, 0.4) is 0 Å². The summed E-state index contributed by atoms with van der Waals surface area (Å²) in [5.74, 6) is 0. The van der Waals surface area contributed by atoms with Crippen molar-refractivity contribution in [3.8, 4) is 0 Å². The van der Waals surface area contributed by atoms with E-state index < -0.39 is 0 Å². The molecule has 0 saturated carbocycles. The van der Waals surface area contributed by atoms with E-state index in [0.29, 0.717) is 6.04 Å². The molecule has 0 unspecified atom stereocenters. The largest absolute Gasteiger partial charge is 0.379 e. The fourth-order valence-corrected chi connectivity index (χ4v) is 2.14. The molecule has 0 amide bonds. The molecule has 1 aromatic rings. The third-order valence-corrected chi connectivity index (χ3v) is 3.30. The molecule has 102 valence electrons. The van der Waals surface area contributed by atoms with Gasteiger partial charge in [-0.05, 0) is 11.6 Å². The van der Waals surface area contributed by atoms with Crippen LogP contribution >= 0.6 is 0 Å². The van der Waals surface area contributed by atoms with E-state index >= 15 is 0 Å². The molecule has 0 spiro atoms. The van der Waals surface area contributed by atoms with Gasteiger partial charge in [0.25, 0.3) is 0 Å². The molecule has 2 heterocycles. The summed E-state index contributed by atoms with van der Waals surface area (Å²) in [6.45, 7) is 11.4. The summed E-state index contributed by atoms with van der Waals surface area (Å²) in [5.41, 5.74) is 1.37. The summed E-state index contributed by atoms with van der Waals surface area (Å²) >= 11 is 0. The Bertz CT molecular complexity index is 343. The molecule has 4 nitrogen and oxygen atoms in total. The van der Waals surface area contributed by atoms with Gasteiger partial charge in [0, 0.05) is 51.2 Å². The third-order valence-electron chi connectivity index (χ3n) is 3.30. The molecule has 0 aliphatic carbocycles. The van der Waals surface area contributed by atoms with Gasteiger partial charge in [-0.15, -0.1) is 0 Å². The summed E-state index contributed by atoms with van der Waals surface area (Å²) in [6.07, 6.45) is 4.42. The number of aromatic nitrogens is 1. The molecule has 1 fully saturated rings. The van der Waals surface area contributed by atoms with Crippen molar-refractivity contribution in [3.63, 3.8) is 0 Å². The Labute approximate surface area is 110 Å². The lowest BCUT2D eigenvalue weighted by molar-refractivity contribution is 0.0364. The van der Waals surface area contributed by atoms with Gasteiger partial charge in [0.2, 0.25) is 0 Å². The van der Waals surface area contributed by atoms with E-state index in [9.17, 15) is 0 Å². The Balaban J connectivity index is 1.72. The molecule has 1 aliphatic rings. The summed E-state index contributed by atoms with van der Waals surface area (Å²) < 4.78 is 7.64. The first kappa shape index (κ1) is 13.6. The smallest absolute Gasteiger partial charge is 0.0594 e. The van der Waals surface area contributed by atoms with Crippen LogP contribution in [0.25, 0.3) is 0 Å². The summed E-state index contributed by atoms with van der Waals surface area (Å²) in [4.78, 5) is 2.47. The van der Waals surface area contributed by atoms with Crippen LogP contribution < -0.4 is 5.32 Å². The Morgan fingerprint density at radius 1 is 1.28 bits per heavy atom. The Morgan fingerprint density at radius 3 is 2.78 bits per heavy atom. The van der Waals surface area contributed by atoms with Gasteiger partial charge in [-0.2, -0.15) is 0 Å². The highest BCUT2D eigenvalue weighted by molar-refractivity contribution is 5.10. The van der Waals surface area contributed by atoms with Crippen LogP contribution in [-0.2, 0) is 17.8 Å². The number of rotatable bonds is 6. The number of hydrogen-bond donors (Lipinski definition) is 1. The van der Waals surface area contributed by atoms with Crippen LogP contribution in [0.2, 0.25) is 0 Å². The van der Waals surface area contributed by atoms with E-state index in [1.807, 2.05) is 0 Å². The predicted molar refractivity (Wildman–Crippen MR) is 73.7 cm³/mol. The topological polar surface area (TPSA) is 29.4 Å². The Hall–Kier alpha value is -0.840. The molecule has 4 heteroatoms. The van der Waals surface area contributed by atoms with Crippen molar-refractivity contribution in [2.75, 3.05) is 32.8 Å². The highest BCUT2D eigenvalue weighted by atomic mass is 16.5. The zero-order valence-corrected chi connectivity index (χ0v) is 11.6. The predicted octanol–water partition coefficient (Wildman–Crippen LogP) is 1.32. The van der Waals surface area contributed by atoms with Gasteiger partial charge in [0.15, 0.2) is 0 Å². The molecule has 1 aromatic heterocycles. The Morgan fingerprint density at radius 2 is 2.06 bits per heavy atom. The van der Waals surface area contributed by atoms with Gasteiger partial charge >= 0.3 is 0 Å². The lowest BCUT2D eigenvalue weighted by Gasteiger charge is -2.26. The maximum Gasteiger partial charge on any atom is 0.0594 e. The van der Waals surface area contributed by atoms with E-state index in [0.717, 1.165) is 45.9 Å². The first-order valence-corrected chi connectivity index (χ1v) is 6.92. The van der Waals surface area contributed by atoms with Crippen LogP contribution in [-0.4, -0.2) is 48.4 Å². The molecule has 18 heavy (non-hydrogen) atoms. The molecule has 1 N–H and O–H groups in total. The molecule has 0 atom stereocenters. The van der Waals surface area contributed by atoms with Crippen molar-refractivity contribution in [1.29, 1.82) is 0 Å². The lowest BCUT2D eigenvalue weighted by Crippen LogP contribution is -2.38. The van der Waals surface area contributed by atoms with Crippen LogP contribution in [0, 0.1) is 0 Å². The highest BCUT2D eigenvalue weighted by Crippen LogP contribution is 2.03. The number of nitrogens with one attached hydrogen (secondary N) is 1. The van der Waals surface area contributed by atoms with Crippen molar-refractivity contribution in [3.05, 3.63) is 24.0 Å². The second-order valence-corrected chi connectivity index (χ2v) is 5.25. The van der Waals surface area contributed by atoms with Gasteiger partial charge in [0.1, 0.15) is 0 Å². The summed E-state index contributed by atoms with van der Waals surface area (Å²) in [7, 11) is 0. The maximum atomic E-state index is 5.35. The normalized spacial score (nSPS) is 17.5. The van der Waals surface area contributed by atoms with Crippen molar-refractivity contribution in [1.82, 2.24) is 14.8 Å². The van der Waals surface area contributed by atoms with Crippen molar-refractivity contribution >= 4 is 0 Å². The zero-order chi connectivity index (χ0) is 12.8. The molecule has 0 bridgehead atoms. The molecule has 2 rings (SSSR count). The van der Waals surface area contributed by atoms with E-state index in [1.54, 1.807) is 0 Å². The van der Waals surface area contributed by atoms with Crippen LogP contribution in [0.5, 0.6) is 0 Å². The number of ether oxygens (including phenoxy) is 1. The van der Waals surface area contributed by atoms with Gasteiger partial charge in [-0.3, -0.25) is 4.90 Å². The average Bonchev–Trinajstić information content (AvgIpc) is 2.83. The molecule has 1 saturated heterocycles. The van der Waals surface area contributed by atoms with Crippen molar-refractivity contribution in [2.45, 2.75) is 33.0 Å². The van der Waals surface area contributed by atoms with Crippen molar-refractivity contribution < 1.29 is 4.74 Å². The maximum absolute atomic E-state index is 5.35. The summed E-state index contributed by atoms with van der Waals surface area (Å²) in [5, 5.41) is 3.44. The molecular formula is C14H25N3O. The Kier molecular flexibility index (Phi) is 5.23. The van der Waals surface area contributed by atoms with Crippen molar-refractivity contribution in [2.24, 2.45) is 0 Å². The minimum Gasteiger partial charge on any atom is -0.379 e. The quantitative estimate of drug-likeness (QED) is 0.827. The minimum absolute atomic E-state index is 0.543. The standard InChI is InChI=1S/C14H25N3O/c1-13(2)15-11-14-3-4-17(12-14)6-5-16-7-9-18-10-8-16/h3-4,12-13,15H,5-11H2,1-2H3. The number of morpholine rings is 1. The van der Waals surface area contributed by atoms with E-state index in [-0.39, 0.29) is 0 Å². The van der Waals surface area contributed by atoms with Crippen LogP contribution in [0.15, 0.2) is 18.5 Å². The van der Waals surface area contributed by atoms with Crippen LogP contribution in [0.1, 0.15) is 19.4 Å². The second-order valence-electron chi connectivity index (χ2n) is 5.25. The molecule has 0 radical (unpaired) electrons. The third kappa shape index (κ3) is 4.44. The monoisotopic (exact) mass is 251 g/mol. The number of hydrogen-bond acceptors (Lipinski definition) is 3. The van der Waals surface area contributed by atoms with E-state index in [2.05, 4.69) is 47.1 Å². The highest BCUT2D eigenvalue weighted by Gasteiger charge is 2.09. The van der Waals surface area contributed by atoms with E-state index in [1.165, 1.54) is 5.56 Å². The minimum atomic E-state index is 0.543. The lowest BCUT2D eigenvalue weighted by atomic mass is 10.3. The van der Waals surface area contributed by atoms with E-state index in [4.69, 9.17) is 4.74 Å². The fourth-order valence-electron chi connectivity index (χ4n) is 2.14. The van der Waals surface area contributed by atoms with Gasteiger partial charge in [-0.25, -0.2) is 0 Å². The van der Waals surface area contributed by atoms with Gasteiger partial charge in [-0.1, -0.05) is 13.8 Å². The summed E-state index contributed by atoms with van der Waals surface area (Å²) in [6, 6.07) is 2.75. The van der Waals surface area contributed by atoms with Gasteiger partial charge < -0.3 is 14.6 Å². The first-order chi connectivity index (χ1) is 8.74. The first-order valence-electron chi connectivity index (χ1n) is 6.92. The van der Waals surface area contributed by atoms with Crippen LogP contribution in [0.4, 0.5) is 0 Å². The SMILES string of the molecule is CC(C)NCc1ccn(CCN2CCOCC2)c1. The number of nitrogens with zero attached hydrogens (tertiary/aromatic N) is 2. The fraction of sp³-hybridized carbons (Fsp3) is 0.714. The van der Waals surface area contributed by atoms with Gasteiger partial charge in [0.05, 0.1) is 13.2 Å². The average molecular weight is 251 g/mol. The zero-order valence-electron chi connectivity index (χ0n) is 11.6. The second kappa shape index (κ2) is 6.92. The molecule has 0 aromatic carbocycles. The molecule has 1 aliphatic heterocycles. The molecular weight excluding hydrogens is 226 g/mol.